The van der Waals surface area contributed by atoms with Gasteiger partial charge in [0.2, 0.25) is 5.91 Å². The van der Waals surface area contributed by atoms with Crippen LogP contribution in [0, 0.1) is 0 Å². The molecule has 0 fully saturated rings. The number of esters is 1. The number of methoxy groups -OCH3 is 1. The number of pyridine rings is 1. The molecule has 1 amide bonds. The molecule has 0 bridgehead atoms. The number of hydrogen-bond donors (Lipinski definition) is 1. The van der Waals surface area contributed by atoms with Gasteiger partial charge in [0.05, 0.1) is 25.8 Å². The zero-order chi connectivity index (χ0) is 24.0. The van der Waals surface area contributed by atoms with Crippen molar-refractivity contribution < 1.29 is 19.1 Å². The van der Waals surface area contributed by atoms with Crippen LogP contribution in [0.25, 0.3) is 0 Å². The number of carbonyl (C=O) groups is 2. The Morgan fingerprint density at radius 1 is 0.882 bits per heavy atom. The van der Waals surface area contributed by atoms with E-state index >= 15 is 0 Å². The number of rotatable bonds is 13. The van der Waals surface area contributed by atoms with Gasteiger partial charge < -0.3 is 14.8 Å². The van der Waals surface area contributed by atoms with Gasteiger partial charge in [0.25, 0.3) is 0 Å². The van der Waals surface area contributed by atoms with E-state index in [0.29, 0.717) is 30.8 Å². The van der Waals surface area contributed by atoms with Gasteiger partial charge >= 0.3 is 5.97 Å². The van der Waals surface area contributed by atoms with Crippen LogP contribution in [0.4, 0.5) is 5.69 Å². The van der Waals surface area contributed by atoms with Crippen molar-refractivity contribution in [2.24, 2.45) is 0 Å². The zero-order valence-corrected chi connectivity index (χ0v) is 19.7. The van der Waals surface area contributed by atoms with Gasteiger partial charge in [-0.25, -0.2) is 0 Å². The maximum absolute atomic E-state index is 12.3. The SMILES string of the molecule is COC(=O)Cc1cc(NC(=O)CCc2ccc(OCCCCCc3ccccc3)cc2)ccn1. The van der Waals surface area contributed by atoms with E-state index in [1.165, 1.54) is 19.1 Å². The first-order valence-corrected chi connectivity index (χ1v) is 11.7. The standard InChI is InChI=1S/C28H32N2O4/c1-33-28(32)21-25-20-24(17-18-29-25)30-27(31)16-13-23-11-14-26(15-12-23)34-19-7-3-6-10-22-8-4-2-5-9-22/h2,4-5,8-9,11-12,14-15,17-18,20H,3,6-7,10,13,16,19,21H2,1H3,(H,29,30,31). The second kappa shape index (κ2) is 13.8. The summed E-state index contributed by atoms with van der Waals surface area (Å²) in [6, 6.07) is 21.9. The van der Waals surface area contributed by atoms with Crippen LogP contribution in [0.15, 0.2) is 72.9 Å². The molecule has 6 heteroatoms. The van der Waals surface area contributed by atoms with Crippen LogP contribution in [0.1, 0.15) is 42.5 Å². The Hall–Kier alpha value is -3.67. The molecule has 6 nitrogen and oxygen atoms in total. The topological polar surface area (TPSA) is 77.5 Å². The third kappa shape index (κ3) is 9.06. The number of amides is 1. The van der Waals surface area contributed by atoms with Crippen LogP contribution in [0.5, 0.6) is 5.75 Å². The zero-order valence-electron chi connectivity index (χ0n) is 19.7. The molecule has 0 saturated heterocycles. The van der Waals surface area contributed by atoms with Crippen LogP contribution < -0.4 is 10.1 Å². The van der Waals surface area contributed by atoms with E-state index < -0.39 is 0 Å². The molecule has 0 aliphatic carbocycles. The molecule has 1 aromatic heterocycles. The van der Waals surface area contributed by atoms with Gasteiger partial charge in [-0.3, -0.25) is 14.6 Å². The molecule has 3 aromatic rings. The summed E-state index contributed by atoms with van der Waals surface area (Å²) < 4.78 is 10.5. The summed E-state index contributed by atoms with van der Waals surface area (Å²) in [4.78, 5) is 27.8. The van der Waals surface area contributed by atoms with Crippen molar-refractivity contribution in [3.8, 4) is 5.75 Å². The molecule has 34 heavy (non-hydrogen) atoms. The number of unbranched alkanes of at least 4 members (excludes halogenated alkanes) is 2. The second-order valence-electron chi connectivity index (χ2n) is 8.13. The predicted octanol–water partition coefficient (Wildman–Crippen LogP) is 5.16. The molecule has 2 aromatic carbocycles. The van der Waals surface area contributed by atoms with Gasteiger partial charge in [-0.1, -0.05) is 42.5 Å². The molecular weight excluding hydrogens is 428 g/mol. The Morgan fingerprint density at radius 3 is 2.41 bits per heavy atom. The smallest absolute Gasteiger partial charge is 0.311 e. The quantitative estimate of drug-likeness (QED) is 0.282. The highest BCUT2D eigenvalue weighted by Gasteiger charge is 2.08. The van der Waals surface area contributed by atoms with Crippen molar-refractivity contribution >= 4 is 17.6 Å². The normalized spacial score (nSPS) is 10.5. The minimum absolute atomic E-state index is 0.0717. The molecule has 0 unspecified atom stereocenters. The average Bonchev–Trinajstić information content (AvgIpc) is 2.86. The van der Waals surface area contributed by atoms with Gasteiger partial charge in [0.1, 0.15) is 5.75 Å². The third-order valence-corrected chi connectivity index (χ3v) is 5.44. The second-order valence-corrected chi connectivity index (χ2v) is 8.13. The van der Waals surface area contributed by atoms with Gasteiger partial charge in [-0.15, -0.1) is 0 Å². The number of ether oxygens (including phenoxy) is 2. The van der Waals surface area contributed by atoms with Gasteiger partial charge in [0.15, 0.2) is 0 Å². The molecule has 0 spiro atoms. The van der Waals surface area contributed by atoms with Crippen molar-refractivity contribution in [3.63, 3.8) is 0 Å². The van der Waals surface area contributed by atoms with Gasteiger partial charge in [-0.2, -0.15) is 0 Å². The van der Waals surface area contributed by atoms with Crippen molar-refractivity contribution in [3.05, 3.63) is 89.7 Å². The monoisotopic (exact) mass is 460 g/mol. The summed E-state index contributed by atoms with van der Waals surface area (Å²) in [7, 11) is 1.33. The summed E-state index contributed by atoms with van der Waals surface area (Å²) in [5, 5.41) is 2.85. The van der Waals surface area contributed by atoms with E-state index in [2.05, 4.69) is 39.3 Å². The molecule has 0 aliphatic heterocycles. The first-order valence-electron chi connectivity index (χ1n) is 11.7. The van der Waals surface area contributed by atoms with E-state index in [-0.39, 0.29) is 18.3 Å². The molecule has 0 radical (unpaired) electrons. The number of aromatic nitrogens is 1. The van der Waals surface area contributed by atoms with E-state index in [1.807, 2.05) is 30.3 Å². The lowest BCUT2D eigenvalue weighted by molar-refractivity contribution is -0.139. The van der Waals surface area contributed by atoms with Crippen LogP contribution in [-0.4, -0.2) is 30.6 Å². The highest BCUT2D eigenvalue weighted by Crippen LogP contribution is 2.15. The fraction of sp³-hybridized carbons (Fsp3) is 0.321. The number of hydrogen-bond acceptors (Lipinski definition) is 5. The number of nitrogens with zero attached hydrogens (tertiary/aromatic N) is 1. The maximum atomic E-state index is 12.3. The summed E-state index contributed by atoms with van der Waals surface area (Å²) in [5.74, 6) is 0.392. The third-order valence-electron chi connectivity index (χ3n) is 5.44. The van der Waals surface area contributed by atoms with E-state index in [0.717, 1.165) is 30.6 Å². The Bertz CT molecular complexity index is 1040. The van der Waals surface area contributed by atoms with Crippen molar-refractivity contribution in [2.75, 3.05) is 19.0 Å². The van der Waals surface area contributed by atoms with Gasteiger partial charge in [-0.05, 0) is 67.5 Å². The number of benzene rings is 2. The Morgan fingerprint density at radius 2 is 1.65 bits per heavy atom. The predicted molar refractivity (Wildman–Crippen MR) is 133 cm³/mol. The highest BCUT2D eigenvalue weighted by molar-refractivity contribution is 5.90. The lowest BCUT2D eigenvalue weighted by Gasteiger charge is -2.08. The largest absolute Gasteiger partial charge is 0.494 e. The minimum atomic E-state index is -0.369. The molecular formula is C28H32N2O4. The Labute approximate surface area is 201 Å². The Kier molecular flexibility index (Phi) is 10.1. The van der Waals surface area contributed by atoms with Crippen molar-refractivity contribution in [1.82, 2.24) is 4.98 Å². The molecule has 1 heterocycles. The van der Waals surface area contributed by atoms with Crippen molar-refractivity contribution in [2.45, 2.75) is 44.9 Å². The van der Waals surface area contributed by atoms with Crippen LogP contribution in [0.3, 0.4) is 0 Å². The minimum Gasteiger partial charge on any atom is -0.494 e. The molecule has 0 saturated carbocycles. The number of anilines is 1. The van der Waals surface area contributed by atoms with E-state index in [1.54, 1.807) is 18.3 Å². The number of nitrogens with one attached hydrogen (secondary N) is 1. The first-order chi connectivity index (χ1) is 16.6. The fourth-order valence-corrected chi connectivity index (χ4v) is 3.55. The molecule has 0 atom stereocenters. The van der Waals surface area contributed by atoms with E-state index in [4.69, 9.17) is 4.74 Å². The van der Waals surface area contributed by atoms with Crippen LogP contribution in [-0.2, 0) is 33.6 Å². The number of carbonyl (C=O) groups excluding carboxylic acids is 2. The molecule has 0 aliphatic rings. The summed E-state index contributed by atoms with van der Waals surface area (Å²) in [5.41, 5.74) is 3.63. The summed E-state index contributed by atoms with van der Waals surface area (Å²) in [6.07, 6.45) is 7.08. The van der Waals surface area contributed by atoms with Gasteiger partial charge in [0, 0.05) is 18.3 Å². The molecule has 3 rings (SSSR count). The fourth-order valence-electron chi connectivity index (χ4n) is 3.55. The van der Waals surface area contributed by atoms with Crippen LogP contribution >= 0.6 is 0 Å². The van der Waals surface area contributed by atoms with E-state index in [9.17, 15) is 9.59 Å². The molecule has 1 N–H and O–H groups in total. The summed E-state index contributed by atoms with van der Waals surface area (Å²) >= 11 is 0. The lowest BCUT2D eigenvalue weighted by Crippen LogP contribution is -2.13. The van der Waals surface area contributed by atoms with Crippen molar-refractivity contribution in [1.29, 1.82) is 0 Å². The number of aryl methyl sites for hydroxylation is 2. The molecule has 178 valence electrons. The highest BCUT2D eigenvalue weighted by atomic mass is 16.5. The first kappa shape index (κ1) is 25.0. The summed E-state index contributed by atoms with van der Waals surface area (Å²) in [6.45, 7) is 0.709. The lowest BCUT2D eigenvalue weighted by atomic mass is 10.1. The average molecular weight is 461 g/mol. The maximum Gasteiger partial charge on any atom is 0.311 e. The Balaban J connectivity index is 1.32. The van der Waals surface area contributed by atoms with Crippen LogP contribution in [0.2, 0.25) is 0 Å².